The van der Waals surface area contributed by atoms with Crippen LogP contribution in [0.1, 0.15) is 21.7 Å². The molecule has 1 aliphatic rings. The number of carbonyl (C=O) groups is 1. The summed E-state index contributed by atoms with van der Waals surface area (Å²) in [5.41, 5.74) is 1.44. The van der Waals surface area contributed by atoms with Crippen LogP contribution < -0.4 is 0 Å². The number of allylic oxidation sites excluding steroid dienone is 1. The van der Waals surface area contributed by atoms with Crippen molar-refractivity contribution in [2.45, 2.75) is 0 Å². The second kappa shape index (κ2) is 5.39. The van der Waals surface area contributed by atoms with Crippen LogP contribution >= 0.6 is 46.4 Å². The first-order chi connectivity index (χ1) is 11.4. The van der Waals surface area contributed by atoms with Crippen molar-refractivity contribution < 1.29 is 9.90 Å². The highest BCUT2D eigenvalue weighted by Crippen LogP contribution is 2.49. The maximum absolute atomic E-state index is 12.8. The van der Waals surface area contributed by atoms with Gasteiger partial charge in [0.1, 0.15) is 17.2 Å². The zero-order chi connectivity index (χ0) is 17.2. The molecule has 0 atom stereocenters. The summed E-state index contributed by atoms with van der Waals surface area (Å²) in [6.45, 7) is 0. The number of hydrogen-bond acceptors (Lipinski definition) is 3. The molecule has 2 N–H and O–H groups in total. The molecule has 0 saturated carbocycles. The highest BCUT2D eigenvalue weighted by Gasteiger charge is 2.38. The van der Waals surface area contributed by atoms with Crippen LogP contribution in [-0.2, 0) is 0 Å². The van der Waals surface area contributed by atoms with E-state index in [1.807, 2.05) is 18.2 Å². The number of ketones is 1. The number of halogens is 4. The van der Waals surface area contributed by atoms with Gasteiger partial charge in [-0.3, -0.25) is 4.79 Å². The molecule has 3 aromatic rings. The van der Waals surface area contributed by atoms with E-state index in [0.29, 0.717) is 5.52 Å². The topological polar surface area (TPSA) is 66.0 Å². The summed E-state index contributed by atoms with van der Waals surface area (Å²) in [5.74, 6) is -0.638. The minimum absolute atomic E-state index is 0.0176. The highest BCUT2D eigenvalue weighted by atomic mass is 35.5. The number of para-hydroxylation sites is 2. The third-order valence-electron chi connectivity index (χ3n) is 3.82. The SMILES string of the molecule is O=C1C(c2nc3ccccc3[nH]2)=C(O)c2c(Cl)c(Cl)c(Cl)c(Cl)c21. The predicted octanol–water partition coefficient (Wildman–Crippen LogP) is 5.80. The molecular formula is C16H6Cl4N2O2. The van der Waals surface area contributed by atoms with Crippen LogP contribution in [0.3, 0.4) is 0 Å². The maximum atomic E-state index is 12.8. The number of aromatic amines is 1. The predicted molar refractivity (Wildman–Crippen MR) is 96.3 cm³/mol. The number of benzene rings is 2. The Balaban J connectivity index is 2.01. The number of hydrogen-bond donors (Lipinski definition) is 2. The number of nitrogens with one attached hydrogen (secondary N) is 1. The van der Waals surface area contributed by atoms with Crippen LogP contribution in [0.5, 0.6) is 0 Å². The van der Waals surface area contributed by atoms with Crippen molar-refractivity contribution in [1.29, 1.82) is 0 Å². The summed E-state index contributed by atoms with van der Waals surface area (Å²) < 4.78 is 0. The summed E-state index contributed by atoms with van der Waals surface area (Å²) in [4.78, 5) is 20.1. The van der Waals surface area contributed by atoms with Gasteiger partial charge in [-0.05, 0) is 12.1 Å². The number of aliphatic hydroxyl groups excluding tert-OH is 1. The van der Waals surface area contributed by atoms with Gasteiger partial charge in [0.2, 0.25) is 5.78 Å². The van der Waals surface area contributed by atoms with Gasteiger partial charge in [0.05, 0.1) is 42.3 Å². The Morgan fingerprint density at radius 1 is 0.917 bits per heavy atom. The van der Waals surface area contributed by atoms with E-state index in [1.54, 1.807) is 6.07 Å². The fourth-order valence-corrected chi connectivity index (χ4v) is 3.74. The van der Waals surface area contributed by atoms with E-state index in [2.05, 4.69) is 9.97 Å². The first-order valence-electron chi connectivity index (χ1n) is 6.71. The Kier molecular flexibility index (Phi) is 3.55. The van der Waals surface area contributed by atoms with Crippen molar-refractivity contribution in [2.75, 3.05) is 0 Å². The maximum Gasteiger partial charge on any atom is 0.202 e. The highest BCUT2D eigenvalue weighted by molar-refractivity contribution is 6.56. The van der Waals surface area contributed by atoms with Crippen LogP contribution in [0.4, 0.5) is 0 Å². The first kappa shape index (κ1) is 15.8. The summed E-state index contributed by atoms with van der Waals surface area (Å²) in [7, 11) is 0. The van der Waals surface area contributed by atoms with E-state index in [-0.39, 0.29) is 48.4 Å². The Morgan fingerprint density at radius 2 is 1.54 bits per heavy atom. The molecular weight excluding hydrogens is 394 g/mol. The number of rotatable bonds is 1. The van der Waals surface area contributed by atoms with Crippen LogP contribution in [0.2, 0.25) is 20.1 Å². The average Bonchev–Trinajstić information content (AvgIpc) is 3.09. The van der Waals surface area contributed by atoms with E-state index in [9.17, 15) is 9.90 Å². The second-order valence-corrected chi connectivity index (χ2v) is 6.67. The zero-order valence-corrected chi connectivity index (χ0v) is 14.6. The van der Waals surface area contributed by atoms with Gasteiger partial charge in [-0.15, -0.1) is 0 Å². The number of aliphatic hydroxyl groups is 1. The van der Waals surface area contributed by atoms with Gasteiger partial charge >= 0.3 is 0 Å². The molecule has 4 rings (SSSR count). The number of aromatic nitrogens is 2. The van der Waals surface area contributed by atoms with Crippen LogP contribution in [0, 0.1) is 0 Å². The molecule has 1 aromatic heterocycles. The number of H-pyrrole nitrogens is 1. The second-order valence-electron chi connectivity index (χ2n) is 5.16. The molecule has 0 fully saturated rings. The van der Waals surface area contributed by atoms with Crippen molar-refractivity contribution in [3.05, 3.63) is 61.3 Å². The summed E-state index contributed by atoms with van der Waals surface area (Å²) in [6.07, 6.45) is 0. The fraction of sp³-hybridized carbons (Fsp3) is 0. The lowest BCUT2D eigenvalue weighted by Crippen LogP contribution is -2.01. The van der Waals surface area contributed by atoms with Crippen molar-refractivity contribution >= 4 is 74.6 Å². The lowest BCUT2D eigenvalue weighted by molar-refractivity contribution is 0.105. The first-order valence-corrected chi connectivity index (χ1v) is 8.22. The Hall–Kier alpha value is -1.72. The van der Waals surface area contributed by atoms with E-state index < -0.39 is 5.78 Å². The number of carbonyl (C=O) groups excluding carboxylic acids is 1. The third kappa shape index (κ3) is 2.01. The van der Waals surface area contributed by atoms with E-state index in [0.717, 1.165) is 5.52 Å². The average molecular weight is 400 g/mol. The third-order valence-corrected chi connectivity index (χ3v) is 5.62. The normalized spacial score (nSPS) is 13.9. The van der Waals surface area contributed by atoms with Gasteiger partial charge in [0, 0.05) is 0 Å². The molecule has 120 valence electrons. The monoisotopic (exact) mass is 398 g/mol. The van der Waals surface area contributed by atoms with Gasteiger partial charge in [-0.1, -0.05) is 58.5 Å². The van der Waals surface area contributed by atoms with Gasteiger partial charge in [0.25, 0.3) is 0 Å². The van der Waals surface area contributed by atoms with Crippen molar-refractivity contribution in [2.24, 2.45) is 0 Å². The molecule has 2 aromatic carbocycles. The lowest BCUT2D eigenvalue weighted by Gasteiger charge is -2.09. The number of Topliss-reactive ketones (excluding diaryl/α,β-unsaturated/α-hetero) is 1. The number of nitrogens with zero attached hydrogens (tertiary/aromatic N) is 1. The van der Waals surface area contributed by atoms with Gasteiger partial charge in [-0.2, -0.15) is 0 Å². The van der Waals surface area contributed by atoms with Gasteiger partial charge < -0.3 is 10.1 Å². The molecule has 24 heavy (non-hydrogen) atoms. The van der Waals surface area contributed by atoms with Crippen LogP contribution in [-0.4, -0.2) is 20.9 Å². The van der Waals surface area contributed by atoms with E-state index in [4.69, 9.17) is 46.4 Å². The molecule has 0 bridgehead atoms. The van der Waals surface area contributed by atoms with E-state index >= 15 is 0 Å². The molecule has 0 saturated heterocycles. The molecule has 1 aliphatic carbocycles. The smallest absolute Gasteiger partial charge is 0.202 e. The Morgan fingerprint density at radius 3 is 2.21 bits per heavy atom. The van der Waals surface area contributed by atoms with Gasteiger partial charge in [-0.25, -0.2) is 4.98 Å². The molecule has 8 heteroatoms. The fourth-order valence-electron chi connectivity index (χ4n) is 2.72. The van der Waals surface area contributed by atoms with Crippen molar-refractivity contribution in [1.82, 2.24) is 9.97 Å². The zero-order valence-electron chi connectivity index (χ0n) is 11.6. The molecule has 0 radical (unpaired) electrons. The van der Waals surface area contributed by atoms with E-state index in [1.165, 1.54) is 0 Å². The summed E-state index contributed by atoms with van der Waals surface area (Å²) in [6, 6.07) is 7.24. The quantitative estimate of drug-likeness (QED) is 0.401. The minimum Gasteiger partial charge on any atom is -0.506 e. The van der Waals surface area contributed by atoms with Crippen LogP contribution in [0.25, 0.3) is 22.4 Å². The molecule has 1 heterocycles. The molecule has 0 amide bonds. The number of imidazole rings is 1. The standard InChI is InChI=1S/C16H6Cl4N2O2/c17-10-7-8(11(18)13(20)12(10)19)15(24)9(14(7)23)16-21-5-3-1-2-4-6(5)22-16/h1-4,23H,(H,21,22). The minimum atomic E-state index is -0.521. The lowest BCUT2D eigenvalue weighted by atomic mass is 10.1. The molecule has 0 aliphatic heterocycles. The summed E-state index contributed by atoms with van der Waals surface area (Å²) in [5, 5.41) is 10.4. The molecule has 0 spiro atoms. The largest absolute Gasteiger partial charge is 0.506 e. The Labute approximate surface area is 155 Å². The Bertz CT molecular complexity index is 1050. The molecule has 4 nitrogen and oxygen atoms in total. The summed E-state index contributed by atoms with van der Waals surface area (Å²) >= 11 is 24.3. The van der Waals surface area contributed by atoms with Crippen molar-refractivity contribution in [3.8, 4) is 0 Å². The van der Waals surface area contributed by atoms with Gasteiger partial charge in [0.15, 0.2) is 0 Å². The molecule has 0 unspecified atom stereocenters. The number of fused-ring (bicyclic) bond motifs is 2. The van der Waals surface area contributed by atoms with Crippen molar-refractivity contribution in [3.63, 3.8) is 0 Å². The van der Waals surface area contributed by atoms with Crippen LogP contribution in [0.15, 0.2) is 24.3 Å².